The molecule has 0 bridgehead atoms. The highest BCUT2D eigenvalue weighted by Crippen LogP contribution is 2.31. The number of halogens is 1. The van der Waals surface area contributed by atoms with Gasteiger partial charge in [0.1, 0.15) is 0 Å². The molecule has 19 heavy (non-hydrogen) atoms. The van der Waals surface area contributed by atoms with Crippen molar-refractivity contribution in [3.63, 3.8) is 0 Å². The minimum Gasteiger partial charge on any atom is -0.381 e. The number of hydrogen-bond acceptors (Lipinski definition) is 4. The van der Waals surface area contributed by atoms with Gasteiger partial charge in [0.2, 0.25) is 0 Å². The zero-order valence-corrected chi connectivity index (χ0v) is 12.7. The molecule has 104 valence electrons. The van der Waals surface area contributed by atoms with E-state index in [1.165, 1.54) is 6.42 Å². The molecule has 0 fully saturated rings. The Morgan fingerprint density at radius 3 is 2.95 bits per heavy atom. The fourth-order valence-electron chi connectivity index (χ4n) is 1.71. The Balaban J connectivity index is 1.74. The Morgan fingerprint density at radius 2 is 2.16 bits per heavy atom. The van der Waals surface area contributed by atoms with Crippen LogP contribution in [0.5, 0.6) is 0 Å². The van der Waals surface area contributed by atoms with Crippen molar-refractivity contribution < 1.29 is 4.74 Å². The molecule has 1 heterocycles. The summed E-state index contributed by atoms with van der Waals surface area (Å²) in [5.41, 5.74) is 0.958. The molecule has 0 spiro atoms. The number of benzene rings is 1. The molecule has 0 atom stereocenters. The van der Waals surface area contributed by atoms with Crippen LogP contribution < -0.4 is 5.32 Å². The quantitative estimate of drug-likeness (QED) is 0.725. The normalized spacial score (nSPS) is 11.1. The average molecular weight is 299 g/mol. The second kappa shape index (κ2) is 7.68. The van der Waals surface area contributed by atoms with E-state index in [1.807, 2.05) is 18.2 Å². The van der Waals surface area contributed by atoms with Crippen LogP contribution in [0, 0.1) is 0 Å². The summed E-state index contributed by atoms with van der Waals surface area (Å²) in [7, 11) is 0. The maximum absolute atomic E-state index is 6.13. The van der Waals surface area contributed by atoms with Gasteiger partial charge >= 0.3 is 0 Å². The van der Waals surface area contributed by atoms with E-state index in [4.69, 9.17) is 16.3 Å². The Hall–Kier alpha value is -0.840. The maximum Gasteiger partial charge on any atom is 0.183 e. The van der Waals surface area contributed by atoms with Crippen LogP contribution in [0.4, 0.5) is 5.13 Å². The lowest BCUT2D eigenvalue weighted by atomic mass is 10.3. The zero-order chi connectivity index (χ0) is 13.5. The van der Waals surface area contributed by atoms with Crippen molar-refractivity contribution in [1.82, 2.24) is 4.98 Å². The number of unbranched alkanes of at least 4 members (excludes halogenated alkanes) is 1. The molecular formula is C14H19ClN2OS. The van der Waals surface area contributed by atoms with Gasteiger partial charge in [0, 0.05) is 19.8 Å². The van der Waals surface area contributed by atoms with Gasteiger partial charge in [0.05, 0.1) is 15.2 Å². The van der Waals surface area contributed by atoms with E-state index in [1.54, 1.807) is 11.3 Å². The first-order valence-electron chi connectivity index (χ1n) is 6.68. The van der Waals surface area contributed by atoms with Crippen molar-refractivity contribution in [3.8, 4) is 0 Å². The van der Waals surface area contributed by atoms with Crippen LogP contribution >= 0.6 is 22.9 Å². The van der Waals surface area contributed by atoms with Gasteiger partial charge in [-0.1, -0.05) is 42.3 Å². The molecule has 0 unspecified atom stereocenters. The third-order valence-electron chi connectivity index (χ3n) is 2.75. The lowest BCUT2D eigenvalue weighted by molar-refractivity contribution is 0.131. The van der Waals surface area contributed by atoms with Crippen LogP contribution in [-0.4, -0.2) is 24.7 Å². The minimum atomic E-state index is 0.769. The van der Waals surface area contributed by atoms with Gasteiger partial charge in [-0.2, -0.15) is 0 Å². The summed E-state index contributed by atoms with van der Waals surface area (Å²) in [6, 6.07) is 5.81. The largest absolute Gasteiger partial charge is 0.381 e. The number of fused-ring (bicyclic) bond motifs is 1. The van der Waals surface area contributed by atoms with Crippen LogP contribution in [0.15, 0.2) is 18.2 Å². The number of anilines is 1. The molecule has 0 aliphatic rings. The highest BCUT2D eigenvalue weighted by Gasteiger charge is 2.05. The fraction of sp³-hybridized carbons (Fsp3) is 0.500. The van der Waals surface area contributed by atoms with E-state index in [-0.39, 0.29) is 0 Å². The number of nitrogens with zero attached hydrogens (tertiary/aromatic N) is 1. The molecule has 1 N–H and O–H groups in total. The van der Waals surface area contributed by atoms with E-state index in [9.17, 15) is 0 Å². The fourth-order valence-corrected chi connectivity index (χ4v) is 2.89. The Labute approximate surface area is 122 Å². The Bertz CT molecular complexity index is 515. The minimum absolute atomic E-state index is 0.769. The molecular weight excluding hydrogens is 280 g/mol. The first-order valence-corrected chi connectivity index (χ1v) is 7.87. The molecule has 1 aromatic carbocycles. The van der Waals surface area contributed by atoms with E-state index >= 15 is 0 Å². The van der Waals surface area contributed by atoms with Crippen molar-refractivity contribution in [2.45, 2.75) is 26.2 Å². The second-order valence-corrected chi connectivity index (χ2v) is 5.76. The van der Waals surface area contributed by atoms with E-state index in [0.29, 0.717) is 0 Å². The van der Waals surface area contributed by atoms with Gasteiger partial charge in [-0.05, 0) is 25.0 Å². The van der Waals surface area contributed by atoms with Gasteiger partial charge in [-0.3, -0.25) is 0 Å². The summed E-state index contributed by atoms with van der Waals surface area (Å²) in [4.78, 5) is 4.50. The van der Waals surface area contributed by atoms with E-state index in [0.717, 1.165) is 53.0 Å². The summed E-state index contributed by atoms with van der Waals surface area (Å²) in [5, 5.41) is 5.02. The van der Waals surface area contributed by atoms with Crippen molar-refractivity contribution >= 4 is 38.3 Å². The van der Waals surface area contributed by atoms with Crippen LogP contribution in [0.2, 0.25) is 5.02 Å². The second-order valence-electron chi connectivity index (χ2n) is 4.35. The maximum atomic E-state index is 6.13. The van der Waals surface area contributed by atoms with Crippen molar-refractivity contribution in [1.29, 1.82) is 0 Å². The molecule has 0 aliphatic carbocycles. The van der Waals surface area contributed by atoms with Crippen molar-refractivity contribution in [3.05, 3.63) is 23.2 Å². The third-order valence-corrected chi connectivity index (χ3v) is 4.24. The number of nitrogens with one attached hydrogen (secondary N) is 1. The summed E-state index contributed by atoms with van der Waals surface area (Å²) in [6.07, 6.45) is 3.32. The van der Waals surface area contributed by atoms with E-state index < -0.39 is 0 Å². The van der Waals surface area contributed by atoms with Crippen LogP contribution in [0.25, 0.3) is 10.2 Å². The smallest absolute Gasteiger partial charge is 0.183 e. The summed E-state index contributed by atoms with van der Waals surface area (Å²) in [6.45, 7) is 4.72. The standard InChI is InChI=1S/C14H19ClN2OS/c1-2-3-9-18-10-5-8-16-14-17-12-7-4-6-11(15)13(12)19-14/h4,6-7H,2-3,5,8-10H2,1H3,(H,16,17). The SMILES string of the molecule is CCCCOCCCNc1nc2cccc(Cl)c2s1. The van der Waals surface area contributed by atoms with Crippen molar-refractivity contribution in [2.75, 3.05) is 25.1 Å². The topological polar surface area (TPSA) is 34.1 Å². The van der Waals surface area contributed by atoms with Gasteiger partial charge in [0.25, 0.3) is 0 Å². The number of aromatic nitrogens is 1. The summed E-state index contributed by atoms with van der Waals surface area (Å²) >= 11 is 7.73. The molecule has 0 saturated heterocycles. The van der Waals surface area contributed by atoms with E-state index in [2.05, 4.69) is 17.2 Å². The highest BCUT2D eigenvalue weighted by molar-refractivity contribution is 7.22. The molecule has 5 heteroatoms. The third kappa shape index (κ3) is 4.34. The lowest BCUT2D eigenvalue weighted by Crippen LogP contribution is -2.05. The average Bonchev–Trinajstić information content (AvgIpc) is 2.82. The molecule has 2 rings (SSSR count). The lowest BCUT2D eigenvalue weighted by Gasteiger charge is -2.03. The number of thiazole rings is 1. The molecule has 2 aromatic rings. The van der Waals surface area contributed by atoms with Gasteiger partial charge in [0.15, 0.2) is 5.13 Å². The molecule has 0 radical (unpaired) electrons. The van der Waals surface area contributed by atoms with Crippen LogP contribution in [-0.2, 0) is 4.74 Å². The van der Waals surface area contributed by atoms with Crippen LogP contribution in [0.1, 0.15) is 26.2 Å². The summed E-state index contributed by atoms with van der Waals surface area (Å²) in [5.74, 6) is 0. The molecule has 0 amide bonds. The predicted octanol–water partition coefficient (Wildman–Crippen LogP) is 4.57. The van der Waals surface area contributed by atoms with Crippen molar-refractivity contribution in [2.24, 2.45) is 0 Å². The first-order chi connectivity index (χ1) is 9.31. The first kappa shape index (κ1) is 14.6. The molecule has 3 nitrogen and oxygen atoms in total. The molecule has 1 aromatic heterocycles. The number of ether oxygens (including phenoxy) is 1. The monoisotopic (exact) mass is 298 g/mol. The number of hydrogen-bond donors (Lipinski definition) is 1. The zero-order valence-electron chi connectivity index (χ0n) is 11.1. The summed E-state index contributed by atoms with van der Waals surface area (Å²) < 4.78 is 6.56. The molecule has 0 saturated carbocycles. The predicted molar refractivity (Wildman–Crippen MR) is 83.5 cm³/mol. The number of rotatable bonds is 8. The Morgan fingerprint density at radius 1 is 1.32 bits per heavy atom. The molecule has 0 aliphatic heterocycles. The van der Waals surface area contributed by atoms with Gasteiger partial charge in [-0.25, -0.2) is 4.98 Å². The van der Waals surface area contributed by atoms with Gasteiger partial charge in [-0.15, -0.1) is 0 Å². The highest BCUT2D eigenvalue weighted by atomic mass is 35.5. The van der Waals surface area contributed by atoms with Gasteiger partial charge < -0.3 is 10.1 Å². The van der Waals surface area contributed by atoms with Crippen LogP contribution in [0.3, 0.4) is 0 Å². The Kier molecular flexibility index (Phi) is 5.89.